The van der Waals surface area contributed by atoms with Crippen molar-refractivity contribution in [2.45, 2.75) is 32.1 Å². The summed E-state index contributed by atoms with van der Waals surface area (Å²) >= 11 is 6.05. The van der Waals surface area contributed by atoms with Crippen LogP contribution in [0.1, 0.15) is 25.8 Å². The van der Waals surface area contributed by atoms with E-state index in [0.29, 0.717) is 30.1 Å². The van der Waals surface area contributed by atoms with Gasteiger partial charge in [-0.3, -0.25) is 0 Å². The van der Waals surface area contributed by atoms with E-state index in [1.807, 2.05) is 13.8 Å². The average molecular weight is 317 g/mol. The van der Waals surface area contributed by atoms with E-state index in [1.165, 1.54) is 0 Å². The predicted molar refractivity (Wildman–Crippen MR) is 82.0 cm³/mol. The number of halogens is 1. The molecule has 4 nitrogen and oxygen atoms in total. The van der Waals surface area contributed by atoms with E-state index in [4.69, 9.17) is 17.3 Å². The van der Waals surface area contributed by atoms with Crippen LogP contribution in [0.3, 0.4) is 0 Å². The number of sulfonamides is 1. The predicted octanol–water partition coefficient (Wildman–Crippen LogP) is 2.23. The summed E-state index contributed by atoms with van der Waals surface area (Å²) in [6, 6.07) is 7.09. The van der Waals surface area contributed by atoms with Crippen molar-refractivity contribution in [2.75, 3.05) is 13.1 Å². The van der Waals surface area contributed by atoms with E-state index in [1.54, 1.807) is 28.6 Å². The van der Waals surface area contributed by atoms with E-state index < -0.39 is 10.0 Å². The molecule has 0 aromatic heterocycles. The SMILES string of the molecule is CC1(C)CN(S(=O)(=O)Cc2ccccc2Cl)CCC1N. The maximum absolute atomic E-state index is 12.5. The van der Waals surface area contributed by atoms with E-state index in [-0.39, 0.29) is 17.2 Å². The first-order chi connectivity index (χ1) is 9.22. The molecule has 1 heterocycles. The molecule has 6 heteroatoms. The van der Waals surface area contributed by atoms with Crippen LogP contribution >= 0.6 is 11.6 Å². The fraction of sp³-hybridized carbons (Fsp3) is 0.571. The first-order valence-corrected chi connectivity index (χ1v) is 8.68. The lowest BCUT2D eigenvalue weighted by atomic mass is 9.81. The molecule has 0 saturated carbocycles. The molecule has 2 N–H and O–H groups in total. The van der Waals surface area contributed by atoms with E-state index in [2.05, 4.69) is 0 Å². The number of nitrogens with two attached hydrogens (primary N) is 1. The highest BCUT2D eigenvalue weighted by Gasteiger charge is 2.38. The standard InChI is InChI=1S/C14H21ClN2O2S/c1-14(2)10-17(8-7-13(14)16)20(18,19)9-11-5-3-4-6-12(11)15/h3-6,13H,7-10,16H2,1-2H3. The first kappa shape index (κ1) is 15.8. The Hall–Kier alpha value is -0.620. The molecule has 1 unspecified atom stereocenters. The smallest absolute Gasteiger partial charge is 0.218 e. The third kappa shape index (κ3) is 3.34. The maximum atomic E-state index is 12.5. The van der Waals surface area contributed by atoms with Gasteiger partial charge in [0.05, 0.1) is 5.75 Å². The van der Waals surface area contributed by atoms with Gasteiger partial charge in [0, 0.05) is 24.2 Å². The molecule has 2 rings (SSSR count). The highest BCUT2D eigenvalue weighted by atomic mass is 35.5. The Morgan fingerprint density at radius 3 is 2.65 bits per heavy atom. The minimum Gasteiger partial charge on any atom is -0.327 e. The van der Waals surface area contributed by atoms with Crippen LogP contribution in [0.5, 0.6) is 0 Å². The van der Waals surface area contributed by atoms with Crippen molar-refractivity contribution < 1.29 is 8.42 Å². The van der Waals surface area contributed by atoms with Gasteiger partial charge in [-0.05, 0) is 23.5 Å². The quantitative estimate of drug-likeness (QED) is 0.930. The Kier molecular flexibility index (Phi) is 4.44. The van der Waals surface area contributed by atoms with Gasteiger partial charge in [-0.15, -0.1) is 0 Å². The molecule has 112 valence electrons. The van der Waals surface area contributed by atoms with Gasteiger partial charge in [-0.2, -0.15) is 0 Å². The zero-order chi connectivity index (χ0) is 15.0. The topological polar surface area (TPSA) is 63.4 Å². The third-order valence-corrected chi connectivity index (χ3v) is 6.11. The molecule has 1 fully saturated rings. The van der Waals surface area contributed by atoms with Crippen LogP contribution in [0.25, 0.3) is 0 Å². The Balaban J connectivity index is 2.18. The molecule has 1 saturated heterocycles. The first-order valence-electron chi connectivity index (χ1n) is 6.69. The summed E-state index contributed by atoms with van der Waals surface area (Å²) in [6.07, 6.45) is 0.689. The fourth-order valence-electron chi connectivity index (χ4n) is 2.47. The maximum Gasteiger partial charge on any atom is 0.218 e. The van der Waals surface area contributed by atoms with Gasteiger partial charge in [0.25, 0.3) is 0 Å². The Bertz CT molecular complexity index is 587. The summed E-state index contributed by atoms with van der Waals surface area (Å²) in [5.41, 5.74) is 6.49. The molecule has 0 radical (unpaired) electrons. The van der Waals surface area contributed by atoms with Gasteiger partial charge in [0.15, 0.2) is 0 Å². The van der Waals surface area contributed by atoms with Crippen molar-refractivity contribution >= 4 is 21.6 Å². The molecule has 0 amide bonds. The molecule has 1 aromatic carbocycles. The number of hydrogen-bond acceptors (Lipinski definition) is 3. The molecule has 1 atom stereocenters. The lowest BCUT2D eigenvalue weighted by molar-refractivity contribution is 0.155. The lowest BCUT2D eigenvalue weighted by Gasteiger charge is -2.41. The second-order valence-electron chi connectivity index (χ2n) is 6.06. The second-order valence-corrected chi connectivity index (χ2v) is 8.44. The molecule has 0 aliphatic carbocycles. The van der Waals surface area contributed by atoms with Crippen molar-refractivity contribution in [3.63, 3.8) is 0 Å². The Labute approximate surface area is 126 Å². The van der Waals surface area contributed by atoms with Gasteiger partial charge < -0.3 is 5.73 Å². The summed E-state index contributed by atoms with van der Waals surface area (Å²) < 4.78 is 26.6. The fourth-order valence-corrected chi connectivity index (χ4v) is 4.49. The molecular weight excluding hydrogens is 296 g/mol. The van der Waals surface area contributed by atoms with Gasteiger partial charge in [-0.25, -0.2) is 12.7 Å². The lowest BCUT2D eigenvalue weighted by Crippen LogP contribution is -2.54. The van der Waals surface area contributed by atoms with Crippen LogP contribution in [-0.4, -0.2) is 31.9 Å². The van der Waals surface area contributed by atoms with Crippen LogP contribution in [0, 0.1) is 5.41 Å². The zero-order valence-corrected chi connectivity index (χ0v) is 13.4. The summed E-state index contributed by atoms with van der Waals surface area (Å²) in [6.45, 7) is 4.96. The summed E-state index contributed by atoms with van der Waals surface area (Å²) in [5.74, 6) is -0.0575. The number of nitrogens with zero attached hydrogens (tertiary/aromatic N) is 1. The molecule has 0 bridgehead atoms. The number of rotatable bonds is 3. The second kappa shape index (κ2) is 5.64. The number of hydrogen-bond donors (Lipinski definition) is 1. The molecular formula is C14H21ClN2O2S. The monoisotopic (exact) mass is 316 g/mol. The normalized spacial score (nSPS) is 23.7. The van der Waals surface area contributed by atoms with E-state index in [0.717, 1.165) is 0 Å². The number of benzene rings is 1. The zero-order valence-electron chi connectivity index (χ0n) is 11.8. The van der Waals surface area contributed by atoms with Crippen LogP contribution in [0.2, 0.25) is 5.02 Å². The van der Waals surface area contributed by atoms with Crippen molar-refractivity contribution in [3.05, 3.63) is 34.9 Å². The molecule has 1 aliphatic heterocycles. The van der Waals surface area contributed by atoms with Gasteiger partial charge in [0.1, 0.15) is 0 Å². The summed E-state index contributed by atoms with van der Waals surface area (Å²) in [7, 11) is -3.36. The largest absolute Gasteiger partial charge is 0.327 e. The molecule has 20 heavy (non-hydrogen) atoms. The molecule has 1 aromatic rings. The van der Waals surface area contributed by atoms with Crippen molar-refractivity contribution in [1.29, 1.82) is 0 Å². The number of piperidine rings is 1. The van der Waals surface area contributed by atoms with Gasteiger partial charge in [0.2, 0.25) is 10.0 Å². The Morgan fingerprint density at radius 1 is 1.40 bits per heavy atom. The van der Waals surface area contributed by atoms with Crippen molar-refractivity contribution in [2.24, 2.45) is 11.1 Å². The highest BCUT2D eigenvalue weighted by molar-refractivity contribution is 7.88. The minimum absolute atomic E-state index is 0.0364. The summed E-state index contributed by atoms with van der Waals surface area (Å²) in [5, 5.41) is 0.490. The van der Waals surface area contributed by atoms with Crippen LogP contribution < -0.4 is 5.73 Å². The minimum atomic E-state index is -3.36. The Morgan fingerprint density at radius 2 is 2.05 bits per heavy atom. The molecule has 1 aliphatic rings. The van der Waals surface area contributed by atoms with Gasteiger partial charge in [-0.1, -0.05) is 43.6 Å². The summed E-state index contributed by atoms with van der Waals surface area (Å²) in [4.78, 5) is 0. The van der Waals surface area contributed by atoms with Crippen LogP contribution in [-0.2, 0) is 15.8 Å². The molecule has 0 spiro atoms. The average Bonchev–Trinajstić information content (AvgIpc) is 2.35. The van der Waals surface area contributed by atoms with Crippen LogP contribution in [0.15, 0.2) is 24.3 Å². The van der Waals surface area contributed by atoms with E-state index >= 15 is 0 Å². The van der Waals surface area contributed by atoms with Crippen molar-refractivity contribution in [1.82, 2.24) is 4.31 Å². The van der Waals surface area contributed by atoms with Gasteiger partial charge >= 0.3 is 0 Å². The third-order valence-electron chi connectivity index (χ3n) is 3.97. The van der Waals surface area contributed by atoms with E-state index in [9.17, 15) is 8.42 Å². The highest BCUT2D eigenvalue weighted by Crippen LogP contribution is 2.30. The van der Waals surface area contributed by atoms with Crippen molar-refractivity contribution in [3.8, 4) is 0 Å². The van der Waals surface area contributed by atoms with Crippen LogP contribution in [0.4, 0.5) is 0 Å².